The Morgan fingerprint density at radius 2 is 1.86 bits per heavy atom. The second kappa shape index (κ2) is 10.6. The number of hydrogen-bond donors (Lipinski definition) is 1. The Balaban J connectivity index is 1.25. The van der Waals surface area contributed by atoms with Crippen LogP contribution in [0, 0.1) is 12.3 Å². The van der Waals surface area contributed by atoms with Crippen LogP contribution >= 0.6 is 0 Å². The highest BCUT2D eigenvalue weighted by atomic mass is 16.6. The van der Waals surface area contributed by atoms with Gasteiger partial charge in [-0.05, 0) is 86.9 Å². The van der Waals surface area contributed by atoms with Gasteiger partial charge in [0.1, 0.15) is 11.2 Å². The van der Waals surface area contributed by atoms with Crippen LogP contribution in [-0.2, 0) is 27.2 Å². The maximum absolute atomic E-state index is 13.5. The fourth-order valence-corrected chi connectivity index (χ4v) is 7.13. The zero-order valence-electron chi connectivity index (χ0n) is 25.4. The molecule has 9 nitrogen and oxygen atoms in total. The van der Waals surface area contributed by atoms with Crippen LogP contribution in [0.3, 0.4) is 0 Å². The maximum atomic E-state index is 13.5. The molecule has 1 spiro atoms. The van der Waals surface area contributed by atoms with E-state index in [0.29, 0.717) is 25.2 Å². The SMILES string of the molecule is Cc1c[nH]c2ncc(-c3cc4c(c([C@@H]5COCCN5C(=O)OC(C)(C)C)c3)CN(N3CC5(CCOCC5)C3)CC4)cc12. The summed E-state index contributed by atoms with van der Waals surface area (Å²) in [5.74, 6) is 0. The molecule has 4 aliphatic rings. The summed E-state index contributed by atoms with van der Waals surface area (Å²) in [6, 6.07) is 6.63. The highest BCUT2D eigenvalue weighted by Crippen LogP contribution is 2.43. The van der Waals surface area contributed by atoms with E-state index in [-0.39, 0.29) is 12.1 Å². The van der Waals surface area contributed by atoms with E-state index in [1.807, 2.05) is 38.1 Å². The van der Waals surface area contributed by atoms with Crippen molar-refractivity contribution in [3.8, 4) is 11.1 Å². The van der Waals surface area contributed by atoms with Gasteiger partial charge in [0.15, 0.2) is 0 Å². The molecule has 42 heavy (non-hydrogen) atoms. The summed E-state index contributed by atoms with van der Waals surface area (Å²) in [4.78, 5) is 23.3. The van der Waals surface area contributed by atoms with Crippen molar-refractivity contribution >= 4 is 17.1 Å². The average molecular weight is 574 g/mol. The molecule has 7 rings (SSSR count). The Labute approximate surface area is 248 Å². The minimum absolute atomic E-state index is 0.217. The first kappa shape index (κ1) is 27.8. The molecular formula is C33H43N5O4. The largest absolute Gasteiger partial charge is 0.444 e. The molecule has 0 saturated carbocycles. The molecule has 3 aromatic rings. The zero-order chi connectivity index (χ0) is 29.1. The molecular weight excluding hydrogens is 530 g/mol. The third-order valence-electron chi connectivity index (χ3n) is 9.53. The molecule has 1 amide bonds. The number of aromatic amines is 1. The number of pyridine rings is 1. The van der Waals surface area contributed by atoms with Crippen LogP contribution in [0.4, 0.5) is 4.79 Å². The van der Waals surface area contributed by atoms with Crippen LogP contribution in [0.5, 0.6) is 0 Å². The van der Waals surface area contributed by atoms with Crippen LogP contribution in [0.15, 0.2) is 30.6 Å². The van der Waals surface area contributed by atoms with Crippen LogP contribution < -0.4 is 0 Å². The van der Waals surface area contributed by atoms with Gasteiger partial charge in [0.25, 0.3) is 0 Å². The van der Waals surface area contributed by atoms with Crippen molar-refractivity contribution in [2.75, 3.05) is 52.6 Å². The van der Waals surface area contributed by atoms with E-state index in [2.05, 4.69) is 40.1 Å². The minimum Gasteiger partial charge on any atom is -0.444 e. The number of ether oxygens (including phenoxy) is 3. The first-order chi connectivity index (χ1) is 20.2. The number of aryl methyl sites for hydroxylation is 1. The van der Waals surface area contributed by atoms with Crippen molar-refractivity contribution in [3.63, 3.8) is 0 Å². The number of amides is 1. The molecule has 0 radical (unpaired) electrons. The number of carbonyl (C=O) groups excluding carboxylic acids is 1. The summed E-state index contributed by atoms with van der Waals surface area (Å²) in [5, 5.41) is 6.21. The lowest BCUT2D eigenvalue weighted by molar-refractivity contribution is -0.184. The number of hydrazine groups is 1. The molecule has 3 fully saturated rings. The minimum atomic E-state index is -0.564. The molecule has 9 heteroatoms. The van der Waals surface area contributed by atoms with Crippen molar-refractivity contribution < 1.29 is 19.0 Å². The number of nitrogens with one attached hydrogen (secondary N) is 1. The summed E-state index contributed by atoms with van der Waals surface area (Å²) in [7, 11) is 0. The van der Waals surface area contributed by atoms with E-state index < -0.39 is 5.60 Å². The molecule has 1 N–H and O–H groups in total. The standard InChI is InChI=1S/C33H43N5O4/c1-22-16-34-30-26(22)15-25(17-35-30)24-13-23-5-8-36(37-20-33(21-37)6-10-40-11-7-33)18-28(23)27(14-24)29-19-41-12-9-38(29)31(39)42-32(2,3)4/h13-17,29H,5-12,18-21H2,1-4H3,(H,34,35)/t29-/m0/s1. The van der Waals surface area contributed by atoms with Crippen molar-refractivity contribution in [1.29, 1.82) is 0 Å². The van der Waals surface area contributed by atoms with E-state index in [1.54, 1.807) is 0 Å². The van der Waals surface area contributed by atoms with Crippen LogP contribution in [0.1, 0.15) is 61.9 Å². The number of hydrogen-bond acceptors (Lipinski definition) is 7. The number of carbonyl (C=O) groups is 1. The van der Waals surface area contributed by atoms with Crippen molar-refractivity contribution in [2.45, 2.75) is 65.1 Å². The fraction of sp³-hybridized carbons (Fsp3) is 0.576. The first-order valence-corrected chi connectivity index (χ1v) is 15.4. The molecule has 4 aliphatic heterocycles. The molecule has 0 bridgehead atoms. The van der Waals surface area contributed by atoms with E-state index in [0.717, 1.165) is 86.4 Å². The van der Waals surface area contributed by atoms with Gasteiger partial charge in [-0.1, -0.05) is 6.07 Å². The van der Waals surface area contributed by atoms with Gasteiger partial charge in [-0.25, -0.2) is 19.8 Å². The van der Waals surface area contributed by atoms with E-state index >= 15 is 0 Å². The second-order valence-corrected chi connectivity index (χ2v) is 13.6. The van der Waals surface area contributed by atoms with Crippen molar-refractivity contribution in [2.24, 2.45) is 5.41 Å². The van der Waals surface area contributed by atoms with Gasteiger partial charge in [0.2, 0.25) is 0 Å². The number of nitrogens with zero attached hydrogens (tertiary/aromatic N) is 4. The summed E-state index contributed by atoms with van der Waals surface area (Å²) >= 11 is 0. The highest BCUT2D eigenvalue weighted by Gasteiger charge is 2.46. The lowest BCUT2D eigenvalue weighted by atomic mass is 9.74. The molecule has 2 aromatic heterocycles. The summed E-state index contributed by atoms with van der Waals surface area (Å²) < 4.78 is 17.6. The number of morpholine rings is 1. The van der Waals surface area contributed by atoms with Crippen molar-refractivity contribution in [1.82, 2.24) is 24.9 Å². The number of rotatable bonds is 3. The number of aromatic nitrogens is 2. The predicted octanol–water partition coefficient (Wildman–Crippen LogP) is 5.23. The summed E-state index contributed by atoms with van der Waals surface area (Å²) in [6.45, 7) is 15.2. The molecule has 224 valence electrons. The topological polar surface area (TPSA) is 83.2 Å². The smallest absolute Gasteiger partial charge is 0.410 e. The Hall–Kier alpha value is -2.98. The molecule has 3 saturated heterocycles. The van der Waals surface area contributed by atoms with Crippen LogP contribution in [0.25, 0.3) is 22.2 Å². The predicted molar refractivity (Wildman–Crippen MR) is 161 cm³/mol. The van der Waals surface area contributed by atoms with Crippen LogP contribution in [-0.4, -0.2) is 89.2 Å². The Morgan fingerprint density at radius 3 is 2.64 bits per heavy atom. The number of benzene rings is 1. The summed E-state index contributed by atoms with van der Waals surface area (Å²) in [6.07, 6.45) is 6.96. The van der Waals surface area contributed by atoms with Gasteiger partial charge >= 0.3 is 6.09 Å². The third kappa shape index (κ3) is 5.21. The lowest BCUT2D eigenvalue weighted by Gasteiger charge is -2.56. The third-order valence-corrected chi connectivity index (χ3v) is 9.53. The fourth-order valence-electron chi connectivity index (χ4n) is 7.13. The molecule has 1 atom stereocenters. The van der Waals surface area contributed by atoms with Gasteiger partial charge in [-0.15, -0.1) is 0 Å². The van der Waals surface area contributed by atoms with Gasteiger partial charge < -0.3 is 19.2 Å². The second-order valence-electron chi connectivity index (χ2n) is 13.6. The van der Waals surface area contributed by atoms with Gasteiger partial charge in [0, 0.05) is 74.7 Å². The Kier molecular flexibility index (Phi) is 7.04. The monoisotopic (exact) mass is 573 g/mol. The van der Waals surface area contributed by atoms with Gasteiger partial charge in [-0.3, -0.25) is 4.90 Å². The quantitative estimate of drug-likeness (QED) is 0.459. The van der Waals surface area contributed by atoms with Crippen molar-refractivity contribution in [3.05, 3.63) is 52.8 Å². The Bertz CT molecular complexity index is 1480. The zero-order valence-corrected chi connectivity index (χ0v) is 25.4. The van der Waals surface area contributed by atoms with Gasteiger partial charge in [0.05, 0.1) is 19.3 Å². The van der Waals surface area contributed by atoms with Crippen LogP contribution in [0.2, 0.25) is 0 Å². The van der Waals surface area contributed by atoms with Gasteiger partial charge in [-0.2, -0.15) is 0 Å². The molecule has 6 heterocycles. The Morgan fingerprint density at radius 1 is 1.05 bits per heavy atom. The van der Waals surface area contributed by atoms with E-state index in [4.69, 9.17) is 19.2 Å². The number of H-pyrrole nitrogens is 1. The highest BCUT2D eigenvalue weighted by molar-refractivity contribution is 5.84. The summed E-state index contributed by atoms with van der Waals surface area (Å²) in [5.41, 5.74) is 7.97. The number of fused-ring (bicyclic) bond motifs is 2. The molecule has 0 aliphatic carbocycles. The molecule has 1 aromatic carbocycles. The first-order valence-electron chi connectivity index (χ1n) is 15.4. The van der Waals surface area contributed by atoms with E-state index in [9.17, 15) is 4.79 Å². The average Bonchev–Trinajstić information content (AvgIpc) is 3.34. The normalized spacial score (nSPS) is 23.1. The maximum Gasteiger partial charge on any atom is 0.410 e. The van der Waals surface area contributed by atoms with E-state index in [1.165, 1.54) is 16.7 Å². The molecule has 0 unspecified atom stereocenters. The lowest BCUT2D eigenvalue weighted by Crippen LogP contribution is -2.64.